The van der Waals surface area contributed by atoms with Crippen LogP contribution in [0.1, 0.15) is 46.2 Å². The molecular formula is C18H22N4. The zero-order valence-electron chi connectivity index (χ0n) is 13.8. The lowest BCUT2D eigenvalue weighted by atomic mass is 9.86. The molecule has 0 N–H and O–H groups in total. The molecule has 2 heterocycles. The summed E-state index contributed by atoms with van der Waals surface area (Å²) in [7, 11) is 0. The molecule has 0 amide bonds. The predicted molar refractivity (Wildman–Crippen MR) is 89.8 cm³/mol. The summed E-state index contributed by atoms with van der Waals surface area (Å²) in [5.74, 6) is 0. The van der Waals surface area contributed by atoms with Gasteiger partial charge in [0.15, 0.2) is 0 Å². The first-order valence-corrected chi connectivity index (χ1v) is 7.67. The average molecular weight is 294 g/mol. The van der Waals surface area contributed by atoms with E-state index in [2.05, 4.69) is 74.2 Å². The lowest BCUT2D eigenvalue weighted by Gasteiger charge is -2.19. The fourth-order valence-electron chi connectivity index (χ4n) is 2.40. The van der Waals surface area contributed by atoms with Crippen molar-refractivity contribution in [2.45, 2.75) is 46.1 Å². The van der Waals surface area contributed by atoms with E-state index >= 15 is 0 Å². The third kappa shape index (κ3) is 2.73. The lowest BCUT2D eigenvalue weighted by Crippen LogP contribution is -2.10. The lowest BCUT2D eigenvalue weighted by molar-refractivity contribution is 0.514. The first-order chi connectivity index (χ1) is 10.3. The molecule has 114 valence electrons. The van der Waals surface area contributed by atoms with Crippen molar-refractivity contribution in [1.29, 1.82) is 0 Å². The minimum absolute atomic E-state index is 0.130. The molecule has 2 aromatic heterocycles. The normalized spacial score (nSPS) is 12.3. The highest BCUT2D eigenvalue weighted by Gasteiger charge is 2.14. The van der Waals surface area contributed by atoms with Crippen LogP contribution in [0, 0.1) is 0 Å². The van der Waals surface area contributed by atoms with Crippen molar-refractivity contribution in [3.63, 3.8) is 0 Å². The number of hydrogen-bond donors (Lipinski definition) is 0. The van der Waals surface area contributed by atoms with Gasteiger partial charge in [-0.2, -0.15) is 0 Å². The number of rotatable bonds is 2. The summed E-state index contributed by atoms with van der Waals surface area (Å²) in [5.41, 5.74) is 4.32. The maximum atomic E-state index is 4.56. The first-order valence-electron chi connectivity index (χ1n) is 7.67. The Kier molecular flexibility index (Phi) is 3.47. The first kappa shape index (κ1) is 14.7. The Morgan fingerprint density at radius 3 is 2.50 bits per heavy atom. The molecule has 3 rings (SSSR count). The Morgan fingerprint density at radius 1 is 1.09 bits per heavy atom. The smallest absolute Gasteiger partial charge is 0.114 e. The van der Waals surface area contributed by atoms with E-state index in [1.54, 1.807) is 0 Å². The summed E-state index contributed by atoms with van der Waals surface area (Å²) in [6.45, 7) is 10.8. The summed E-state index contributed by atoms with van der Waals surface area (Å²) < 4.78 is 1.87. The van der Waals surface area contributed by atoms with Crippen molar-refractivity contribution in [2.75, 3.05) is 0 Å². The average Bonchev–Trinajstić information content (AvgIpc) is 2.95. The third-order valence-electron chi connectivity index (χ3n) is 3.88. The van der Waals surface area contributed by atoms with Crippen LogP contribution in [0.3, 0.4) is 0 Å². The quantitative estimate of drug-likeness (QED) is 0.705. The highest BCUT2D eigenvalue weighted by atomic mass is 15.4. The third-order valence-corrected chi connectivity index (χ3v) is 3.88. The molecule has 0 bridgehead atoms. The van der Waals surface area contributed by atoms with Gasteiger partial charge in [-0.05, 0) is 43.0 Å². The fourth-order valence-corrected chi connectivity index (χ4v) is 2.40. The summed E-state index contributed by atoms with van der Waals surface area (Å²) in [6.07, 6.45) is 3.84. The molecule has 4 heteroatoms. The molecule has 0 atom stereocenters. The Labute approximate surface area is 131 Å². The zero-order valence-corrected chi connectivity index (χ0v) is 13.8. The van der Waals surface area contributed by atoms with Crippen LogP contribution < -0.4 is 0 Å². The van der Waals surface area contributed by atoms with Crippen molar-refractivity contribution in [1.82, 2.24) is 20.0 Å². The van der Waals surface area contributed by atoms with E-state index < -0.39 is 0 Å². The number of fused-ring (bicyclic) bond motifs is 1. The number of nitrogens with zero attached hydrogens (tertiary/aromatic N) is 4. The van der Waals surface area contributed by atoms with E-state index in [1.807, 2.05) is 17.1 Å². The molecule has 3 aromatic rings. The summed E-state index contributed by atoms with van der Waals surface area (Å²) >= 11 is 0. The fraction of sp³-hybridized carbons (Fsp3) is 0.389. The van der Waals surface area contributed by atoms with Crippen LogP contribution in [0.25, 0.3) is 22.2 Å². The Hall–Kier alpha value is -2.23. The van der Waals surface area contributed by atoms with Crippen LogP contribution in [0.15, 0.2) is 36.7 Å². The number of pyridine rings is 1. The molecule has 22 heavy (non-hydrogen) atoms. The van der Waals surface area contributed by atoms with E-state index in [0.717, 1.165) is 22.2 Å². The SMILES string of the molecule is CC(C)n1cc(-c2cnc3ccc(C(C)(C)C)cc3c2)nn1. The van der Waals surface area contributed by atoms with Crippen molar-refractivity contribution >= 4 is 10.9 Å². The molecule has 0 aliphatic rings. The van der Waals surface area contributed by atoms with Gasteiger partial charge < -0.3 is 0 Å². The monoisotopic (exact) mass is 294 g/mol. The van der Waals surface area contributed by atoms with Crippen molar-refractivity contribution in [2.24, 2.45) is 0 Å². The standard InChI is InChI=1S/C18H22N4/c1-12(2)22-11-17(20-21-22)14-8-13-9-15(18(3,4)5)6-7-16(13)19-10-14/h6-12H,1-5H3. The Balaban J connectivity index is 2.07. The molecule has 0 saturated heterocycles. The van der Waals surface area contributed by atoms with Crippen LogP contribution in [0.4, 0.5) is 0 Å². The Morgan fingerprint density at radius 2 is 1.86 bits per heavy atom. The second-order valence-electron chi connectivity index (χ2n) is 7.06. The molecule has 0 saturated carbocycles. The van der Waals surface area contributed by atoms with E-state index in [-0.39, 0.29) is 5.41 Å². The molecule has 0 unspecified atom stereocenters. The number of benzene rings is 1. The van der Waals surface area contributed by atoms with Crippen LogP contribution in [0.2, 0.25) is 0 Å². The highest BCUT2D eigenvalue weighted by Crippen LogP contribution is 2.27. The van der Waals surface area contributed by atoms with Crippen molar-refractivity contribution in [3.8, 4) is 11.3 Å². The van der Waals surface area contributed by atoms with Gasteiger partial charge in [-0.25, -0.2) is 4.68 Å². The Bertz CT molecular complexity index is 809. The maximum absolute atomic E-state index is 4.56. The van der Waals surface area contributed by atoms with Crippen molar-refractivity contribution < 1.29 is 0 Å². The van der Waals surface area contributed by atoms with Gasteiger partial charge >= 0.3 is 0 Å². The van der Waals surface area contributed by atoms with E-state index in [0.29, 0.717) is 6.04 Å². The molecule has 0 radical (unpaired) electrons. The second-order valence-corrected chi connectivity index (χ2v) is 7.06. The van der Waals surface area contributed by atoms with E-state index in [4.69, 9.17) is 0 Å². The minimum atomic E-state index is 0.130. The van der Waals surface area contributed by atoms with E-state index in [1.165, 1.54) is 5.56 Å². The van der Waals surface area contributed by atoms with Gasteiger partial charge in [0.1, 0.15) is 5.69 Å². The van der Waals surface area contributed by atoms with Gasteiger partial charge in [0.25, 0.3) is 0 Å². The van der Waals surface area contributed by atoms with E-state index in [9.17, 15) is 0 Å². The van der Waals surface area contributed by atoms with Crippen LogP contribution in [-0.4, -0.2) is 20.0 Å². The van der Waals surface area contributed by atoms with Gasteiger partial charge in [0.05, 0.1) is 11.7 Å². The maximum Gasteiger partial charge on any atom is 0.114 e. The molecule has 0 aliphatic carbocycles. The topological polar surface area (TPSA) is 43.6 Å². The van der Waals surface area contributed by atoms with Gasteiger partial charge in [0.2, 0.25) is 0 Å². The summed E-state index contributed by atoms with van der Waals surface area (Å²) in [4.78, 5) is 4.56. The van der Waals surface area contributed by atoms with Crippen LogP contribution >= 0.6 is 0 Å². The van der Waals surface area contributed by atoms with Crippen LogP contribution in [0.5, 0.6) is 0 Å². The van der Waals surface area contributed by atoms with Crippen LogP contribution in [-0.2, 0) is 5.41 Å². The number of aromatic nitrogens is 4. The zero-order chi connectivity index (χ0) is 15.9. The molecule has 0 fully saturated rings. The molecule has 0 spiro atoms. The largest absolute Gasteiger partial charge is 0.256 e. The van der Waals surface area contributed by atoms with Gasteiger partial charge in [-0.3, -0.25) is 4.98 Å². The molecular weight excluding hydrogens is 272 g/mol. The summed E-state index contributed by atoms with van der Waals surface area (Å²) in [6, 6.07) is 8.92. The van der Waals surface area contributed by atoms with Gasteiger partial charge in [-0.1, -0.05) is 32.1 Å². The number of hydrogen-bond acceptors (Lipinski definition) is 3. The van der Waals surface area contributed by atoms with Gasteiger partial charge in [0, 0.05) is 23.2 Å². The minimum Gasteiger partial charge on any atom is -0.256 e. The van der Waals surface area contributed by atoms with Crippen molar-refractivity contribution in [3.05, 3.63) is 42.2 Å². The second kappa shape index (κ2) is 5.20. The van der Waals surface area contributed by atoms with Gasteiger partial charge in [-0.15, -0.1) is 5.10 Å². The highest BCUT2D eigenvalue weighted by molar-refractivity contribution is 5.83. The molecule has 4 nitrogen and oxygen atoms in total. The summed E-state index contributed by atoms with van der Waals surface area (Å²) in [5, 5.41) is 9.57. The molecule has 1 aromatic carbocycles. The predicted octanol–water partition coefficient (Wildman–Crippen LogP) is 4.37. The molecule has 0 aliphatic heterocycles.